The third-order valence-corrected chi connectivity index (χ3v) is 8.74. The normalized spacial score (nSPS) is 13.2. The molecule has 47 heavy (non-hydrogen) atoms. The standard InChI is InChI=1S/C36H34FN7O3/c1-5-36(3,43-32-26(20-40-35(38)42-32)22-14-15-29(45)27(37)18-22)21(2)33-41-28-13-9-12-25(23-16-17-39-30(19-23)47-4)31(28)34(46)44(33)24-10-7-6-8-11-24/h6-21,45H,5H2,1-4H3,(H3,38,40,42,43). The van der Waals surface area contributed by atoms with E-state index >= 15 is 0 Å². The number of rotatable bonds is 9. The predicted octanol–water partition coefficient (Wildman–Crippen LogP) is 6.72. The van der Waals surface area contributed by atoms with Crippen LogP contribution in [0.3, 0.4) is 0 Å². The summed E-state index contributed by atoms with van der Waals surface area (Å²) in [7, 11) is 1.55. The lowest BCUT2D eigenvalue weighted by atomic mass is 9.83. The zero-order chi connectivity index (χ0) is 33.3. The van der Waals surface area contributed by atoms with E-state index in [0.717, 1.165) is 5.56 Å². The Morgan fingerprint density at radius 1 is 1.00 bits per heavy atom. The average molecular weight is 632 g/mol. The van der Waals surface area contributed by atoms with Crippen LogP contribution in [0, 0.1) is 5.82 Å². The van der Waals surface area contributed by atoms with E-state index in [1.54, 1.807) is 30.0 Å². The zero-order valence-corrected chi connectivity index (χ0v) is 26.4. The minimum Gasteiger partial charge on any atom is -0.505 e. The quantitative estimate of drug-likeness (QED) is 0.158. The number of anilines is 2. The minimum absolute atomic E-state index is 0.0342. The number of pyridine rings is 1. The molecule has 10 nitrogen and oxygen atoms in total. The third kappa shape index (κ3) is 5.83. The number of fused-ring (bicyclic) bond motifs is 1. The first-order valence-corrected chi connectivity index (χ1v) is 15.1. The molecule has 0 saturated carbocycles. The number of hydrogen-bond donors (Lipinski definition) is 3. The molecule has 0 aliphatic heterocycles. The monoisotopic (exact) mass is 631 g/mol. The van der Waals surface area contributed by atoms with Crippen LogP contribution in [0.15, 0.2) is 96.1 Å². The lowest BCUT2D eigenvalue weighted by Crippen LogP contribution is -2.42. The number of hydrogen-bond acceptors (Lipinski definition) is 9. The molecule has 0 aliphatic carbocycles. The third-order valence-electron chi connectivity index (χ3n) is 8.74. The summed E-state index contributed by atoms with van der Waals surface area (Å²) >= 11 is 0. The summed E-state index contributed by atoms with van der Waals surface area (Å²) in [5.41, 5.74) is 8.71. The van der Waals surface area contributed by atoms with Crippen LogP contribution in [-0.2, 0) is 0 Å². The summed E-state index contributed by atoms with van der Waals surface area (Å²) in [4.78, 5) is 32.7. The first kappa shape index (κ1) is 31.2. The fourth-order valence-corrected chi connectivity index (χ4v) is 5.73. The molecule has 2 unspecified atom stereocenters. The Kier molecular flexibility index (Phi) is 8.29. The number of benzene rings is 3. The van der Waals surface area contributed by atoms with Gasteiger partial charge in [0.15, 0.2) is 11.6 Å². The van der Waals surface area contributed by atoms with Crippen LogP contribution in [0.1, 0.15) is 38.9 Å². The van der Waals surface area contributed by atoms with E-state index < -0.39 is 17.1 Å². The maximum absolute atomic E-state index is 14.7. The number of phenols is 1. The van der Waals surface area contributed by atoms with E-state index in [1.165, 1.54) is 18.3 Å². The van der Waals surface area contributed by atoms with Gasteiger partial charge in [-0.2, -0.15) is 4.98 Å². The van der Waals surface area contributed by atoms with Crippen molar-refractivity contribution in [3.63, 3.8) is 0 Å². The summed E-state index contributed by atoms with van der Waals surface area (Å²) < 4.78 is 21.4. The Morgan fingerprint density at radius 3 is 2.49 bits per heavy atom. The van der Waals surface area contributed by atoms with Crippen LogP contribution < -0.4 is 21.3 Å². The van der Waals surface area contributed by atoms with Gasteiger partial charge in [0.1, 0.15) is 11.6 Å². The molecule has 11 heteroatoms. The van der Waals surface area contributed by atoms with Gasteiger partial charge < -0.3 is 20.9 Å². The number of aromatic nitrogens is 5. The number of nitrogens with two attached hydrogens (primary N) is 1. The molecule has 3 aromatic carbocycles. The Balaban J connectivity index is 1.53. The van der Waals surface area contributed by atoms with Gasteiger partial charge in [-0.1, -0.05) is 50.2 Å². The minimum atomic E-state index is -0.770. The zero-order valence-electron chi connectivity index (χ0n) is 26.4. The number of halogens is 1. The number of para-hydroxylation sites is 1. The number of ether oxygens (including phenoxy) is 1. The first-order chi connectivity index (χ1) is 22.6. The van der Waals surface area contributed by atoms with E-state index in [4.69, 9.17) is 15.5 Å². The van der Waals surface area contributed by atoms with Crippen molar-refractivity contribution in [2.75, 3.05) is 18.2 Å². The summed E-state index contributed by atoms with van der Waals surface area (Å²) in [6, 6.07) is 22.7. The van der Waals surface area contributed by atoms with Gasteiger partial charge in [-0.25, -0.2) is 19.3 Å². The highest BCUT2D eigenvalue weighted by atomic mass is 19.1. The Labute approximate surface area is 270 Å². The molecule has 238 valence electrons. The van der Waals surface area contributed by atoms with Gasteiger partial charge in [-0.15, -0.1) is 0 Å². The molecule has 3 aromatic heterocycles. The Bertz CT molecular complexity index is 2160. The molecular formula is C36H34FN7O3. The SMILES string of the molecule is CCC(C)(Nc1nc(N)ncc1-c1ccc(O)c(F)c1)C(C)c1nc2cccc(-c3ccnc(OC)c3)c2c(=O)n1-c1ccccc1. The van der Waals surface area contributed by atoms with Crippen molar-refractivity contribution >= 4 is 22.7 Å². The van der Waals surface area contributed by atoms with E-state index in [-0.39, 0.29) is 17.4 Å². The van der Waals surface area contributed by atoms with Crippen LogP contribution in [0.4, 0.5) is 16.2 Å². The van der Waals surface area contributed by atoms with Gasteiger partial charge in [-0.05, 0) is 66.4 Å². The molecule has 4 N–H and O–H groups in total. The second kappa shape index (κ2) is 12.5. The van der Waals surface area contributed by atoms with Crippen molar-refractivity contribution in [1.29, 1.82) is 0 Å². The highest BCUT2D eigenvalue weighted by Gasteiger charge is 2.36. The van der Waals surface area contributed by atoms with Crippen molar-refractivity contribution in [2.24, 2.45) is 0 Å². The van der Waals surface area contributed by atoms with E-state index in [0.29, 0.717) is 57.2 Å². The predicted molar refractivity (Wildman–Crippen MR) is 181 cm³/mol. The fourth-order valence-electron chi connectivity index (χ4n) is 5.73. The van der Waals surface area contributed by atoms with Crippen molar-refractivity contribution in [2.45, 2.75) is 38.6 Å². The van der Waals surface area contributed by atoms with Crippen LogP contribution in [0.2, 0.25) is 0 Å². The Morgan fingerprint density at radius 2 is 1.77 bits per heavy atom. The maximum atomic E-state index is 14.7. The lowest BCUT2D eigenvalue weighted by molar-refractivity contribution is 0.398. The number of nitrogen functional groups attached to an aromatic ring is 1. The van der Waals surface area contributed by atoms with Crippen molar-refractivity contribution < 1.29 is 14.2 Å². The highest BCUT2D eigenvalue weighted by molar-refractivity contribution is 5.94. The molecule has 6 rings (SSSR count). The van der Waals surface area contributed by atoms with Gasteiger partial charge >= 0.3 is 0 Å². The molecule has 0 bridgehead atoms. The van der Waals surface area contributed by atoms with Gasteiger partial charge in [0, 0.05) is 35.5 Å². The fraction of sp³-hybridized carbons (Fsp3) is 0.194. The molecule has 3 heterocycles. The largest absolute Gasteiger partial charge is 0.505 e. The van der Waals surface area contributed by atoms with Crippen molar-refractivity contribution in [3.8, 4) is 39.6 Å². The van der Waals surface area contributed by atoms with Crippen molar-refractivity contribution in [3.05, 3.63) is 113 Å². The van der Waals surface area contributed by atoms with Crippen molar-refractivity contribution in [1.82, 2.24) is 24.5 Å². The number of nitrogens with zero attached hydrogens (tertiary/aromatic N) is 5. The number of phenolic OH excluding ortho intramolecular Hbond substituents is 1. The summed E-state index contributed by atoms with van der Waals surface area (Å²) in [5.74, 6) is -0.225. The van der Waals surface area contributed by atoms with E-state index in [2.05, 4.69) is 20.3 Å². The summed E-state index contributed by atoms with van der Waals surface area (Å²) in [6.45, 7) is 6.04. The second-order valence-corrected chi connectivity index (χ2v) is 11.5. The summed E-state index contributed by atoms with van der Waals surface area (Å²) in [5, 5.41) is 13.8. The average Bonchev–Trinajstić information content (AvgIpc) is 3.09. The maximum Gasteiger partial charge on any atom is 0.266 e. The second-order valence-electron chi connectivity index (χ2n) is 11.5. The molecule has 2 atom stereocenters. The number of aromatic hydroxyl groups is 1. The van der Waals surface area contributed by atoms with Gasteiger partial charge in [-0.3, -0.25) is 9.36 Å². The van der Waals surface area contributed by atoms with E-state index in [9.17, 15) is 14.3 Å². The molecule has 0 radical (unpaired) electrons. The topological polar surface area (TPSA) is 141 Å². The number of methoxy groups -OCH3 is 1. The molecule has 0 spiro atoms. The van der Waals surface area contributed by atoms with Crippen LogP contribution >= 0.6 is 0 Å². The molecule has 0 amide bonds. The molecule has 0 aliphatic rings. The van der Waals surface area contributed by atoms with Crippen LogP contribution in [0.25, 0.3) is 38.8 Å². The van der Waals surface area contributed by atoms with Crippen LogP contribution in [0.5, 0.6) is 11.6 Å². The van der Waals surface area contributed by atoms with Gasteiger partial charge in [0.05, 0.1) is 23.7 Å². The number of nitrogens with one attached hydrogen (secondary N) is 1. The molecule has 0 fully saturated rings. The molecular weight excluding hydrogens is 597 g/mol. The van der Waals surface area contributed by atoms with Gasteiger partial charge in [0.2, 0.25) is 11.8 Å². The molecule has 0 saturated heterocycles. The molecule has 6 aromatic rings. The first-order valence-electron chi connectivity index (χ1n) is 15.1. The Hall–Kier alpha value is -5.84. The van der Waals surface area contributed by atoms with Gasteiger partial charge in [0.25, 0.3) is 5.56 Å². The van der Waals surface area contributed by atoms with E-state index in [1.807, 2.05) is 75.4 Å². The summed E-state index contributed by atoms with van der Waals surface area (Å²) in [6.07, 6.45) is 3.74. The lowest BCUT2D eigenvalue weighted by Gasteiger charge is -2.37. The smallest absolute Gasteiger partial charge is 0.266 e. The van der Waals surface area contributed by atoms with Crippen LogP contribution in [-0.4, -0.2) is 42.3 Å². The highest BCUT2D eigenvalue weighted by Crippen LogP contribution is 2.38.